The maximum atomic E-state index is 4.95. The highest BCUT2D eigenvalue weighted by molar-refractivity contribution is 5.21. The molecule has 27 heavy (non-hydrogen) atoms. The first kappa shape index (κ1) is 18.6. The van der Waals surface area contributed by atoms with E-state index in [1.807, 2.05) is 0 Å². The van der Waals surface area contributed by atoms with E-state index in [1.165, 1.54) is 55.7 Å². The summed E-state index contributed by atoms with van der Waals surface area (Å²) < 4.78 is 0. The van der Waals surface area contributed by atoms with Gasteiger partial charge >= 0.3 is 0 Å². The second-order valence-corrected chi connectivity index (χ2v) is 8.40. The van der Waals surface area contributed by atoms with Crippen LogP contribution in [0.3, 0.4) is 0 Å². The van der Waals surface area contributed by atoms with Gasteiger partial charge in [0.1, 0.15) is 5.82 Å². The van der Waals surface area contributed by atoms with E-state index in [0.29, 0.717) is 11.8 Å². The topological polar surface area (TPSA) is 32.3 Å². The van der Waals surface area contributed by atoms with Crippen LogP contribution in [0.15, 0.2) is 36.5 Å². The lowest BCUT2D eigenvalue weighted by atomic mass is 9.93. The van der Waals surface area contributed by atoms with E-state index in [-0.39, 0.29) is 0 Å². The summed E-state index contributed by atoms with van der Waals surface area (Å²) in [4.78, 5) is 14.7. The molecule has 4 nitrogen and oxygen atoms in total. The molecule has 1 atom stereocenters. The first-order valence-corrected chi connectivity index (χ1v) is 10.5. The Kier molecular flexibility index (Phi) is 5.84. The maximum Gasteiger partial charge on any atom is 0.131 e. The van der Waals surface area contributed by atoms with Crippen molar-refractivity contribution in [1.82, 2.24) is 19.8 Å². The van der Waals surface area contributed by atoms with Gasteiger partial charge in [-0.3, -0.25) is 0 Å². The van der Waals surface area contributed by atoms with Gasteiger partial charge in [0.25, 0.3) is 0 Å². The van der Waals surface area contributed by atoms with Crippen molar-refractivity contribution in [2.75, 3.05) is 33.2 Å². The van der Waals surface area contributed by atoms with Crippen LogP contribution < -0.4 is 0 Å². The van der Waals surface area contributed by atoms with Gasteiger partial charge in [0.15, 0.2) is 0 Å². The molecule has 2 aliphatic rings. The lowest BCUT2D eigenvalue weighted by Crippen LogP contribution is -2.35. The zero-order valence-corrected chi connectivity index (χ0v) is 16.8. The molecule has 0 N–H and O–H groups in total. The van der Waals surface area contributed by atoms with Gasteiger partial charge in [-0.05, 0) is 57.4 Å². The number of hydrogen-bond acceptors (Lipinski definition) is 4. The Labute approximate surface area is 163 Å². The minimum absolute atomic E-state index is 0.540. The van der Waals surface area contributed by atoms with Crippen molar-refractivity contribution < 1.29 is 0 Å². The van der Waals surface area contributed by atoms with Gasteiger partial charge in [-0.2, -0.15) is 0 Å². The number of piperidine rings is 1. The van der Waals surface area contributed by atoms with E-state index in [4.69, 9.17) is 9.97 Å². The fraction of sp³-hybridized carbons (Fsp3) is 0.565. The molecular formula is C23H32N4. The lowest BCUT2D eigenvalue weighted by Gasteiger charge is -2.32. The molecule has 2 aliphatic heterocycles. The standard InChI is InChI=1S/C23H32N4/c1-18(19-6-4-3-5-7-19)8-13-27-14-9-20(10-15-27)23-24-16-21-17-26(2)12-11-22(21)25-23/h3-7,16,18,20H,8-15,17H2,1-2H3/t18-/m1/s1. The molecule has 0 unspecified atom stereocenters. The predicted molar refractivity (Wildman–Crippen MR) is 110 cm³/mol. The van der Waals surface area contributed by atoms with Crippen LogP contribution in [-0.4, -0.2) is 53.0 Å². The molecule has 1 aromatic heterocycles. The van der Waals surface area contributed by atoms with Gasteiger partial charge in [-0.25, -0.2) is 9.97 Å². The summed E-state index contributed by atoms with van der Waals surface area (Å²) in [5, 5.41) is 0. The van der Waals surface area contributed by atoms with Crippen molar-refractivity contribution in [2.24, 2.45) is 0 Å². The Morgan fingerprint density at radius 2 is 1.89 bits per heavy atom. The Hall–Kier alpha value is -1.78. The highest BCUT2D eigenvalue weighted by Crippen LogP contribution is 2.28. The van der Waals surface area contributed by atoms with E-state index in [9.17, 15) is 0 Å². The number of aromatic nitrogens is 2. The highest BCUT2D eigenvalue weighted by atomic mass is 15.1. The third-order valence-electron chi connectivity index (χ3n) is 6.34. The van der Waals surface area contributed by atoms with Crippen LogP contribution in [0.1, 0.15) is 60.7 Å². The number of rotatable bonds is 5. The van der Waals surface area contributed by atoms with Crippen molar-refractivity contribution in [3.63, 3.8) is 0 Å². The average Bonchev–Trinajstić information content (AvgIpc) is 2.72. The Morgan fingerprint density at radius 1 is 1.11 bits per heavy atom. The summed E-state index contributed by atoms with van der Waals surface area (Å²) in [6.07, 6.45) is 6.77. The molecule has 144 valence electrons. The van der Waals surface area contributed by atoms with Crippen LogP contribution in [0.2, 0.25) is 0 Å². The van der Waals surface area contributed by atoms with Crippen molar-refractivity contribution in [3.8, 4) is 0 Å². The molecule has 1 aromatic carbocycles. The first-order valence-electron chi connectivity index (χ1n) is 10.5. The van der Waals surface area contributed by atoms with E-state index in [0.717, 1.165) is 25.3 Å². The van der Waals surface area contributed by atoms with Crippen LogP contribution in [0, 0.1) is 0 Å². The largest absolute Gasteiger partial charge is 0.303 e. The monoisotopic (exact) mass is 364 g/mol. The number of fused-ring (bicyclic) bond motifs is 1. The normalized spacial score (nSPS) is 20.4. The van der Waals surface area contributed by atoms with Crippen molar-refractivity contribution >= 4 is 0 Å². The van der Waals surface area contributed by atoms with Crippen molar-refractivity contribution in [2.45, 2.75) is 51.0 Å². The molecular weight excluding hydrogens is 332 g/mol. The molecule has 0 spiro atoms. The van der Waals surface area contributed by atoms with Gasteiger partial charge in [0.05, 0.1) is 0 Å². The van der Waals surface area contributed by atoms with Crippen LogP contribution in [0.25, 0.3) is 0 Å². The third-order valence-corrected chi connectivity index (χ3v) is 6.34. The van der Waals surface area contributed by atoms with Crippen LogP contribution >= 0.6 is 0 Å². The molecule has 4 heteroatoms. The van der Waals surface area contributed by atoms with Crippen LogP contribution in [-0.2, 0) is 13.0 Å². The number of likely N-dealkylation sites (N-methyl/N-ethyl adjacent to an activating group) is 1. The number of hydrogen-bond donors (Lipinski definition) is 0. The summed E-state index contributed by atoms with van der Waals surface area (Å²) in [6.45, 7) is 8.00. The van der Waals surface area contributed by atoms with E-state index >= 15 is 0 Å². The smallest absolute Gasteiger partial charge is 0.131 e. The van der Waals surface area contributed by atoms with E-state index in [2.05, 4.69) is 60.3 Å². The number of benzene rings is 1. The van der Waals surface area contributed by atoms with Gasteiger partial charge in [-0.15, -0.1) is 0 Å². The van der Waals surface area contributed by atoms with Crippen LogP contribution in [0.4, 0.5) is 0 Å². The second-order valence-electron chi connectivity index (χ2n) is 8.40. The molecule has 1 saturated heterocycles. The minimum Gasteiger partial charge on any atom is -0.303 e. The molecule has 0 saturated carbocycles. The Bertz CT molecular complexity index is 737. The fourth-order valence-electron chi connectivity index (χ4n) is 4.41. The lowest BCUT2D eigenvalue weighted by molar-refractivity contribution is 0.203. The van der Waals surface area contributed by atoms with E-state index < -0.39 is 0 Å². The molecule has 0 radical (unpaired) electrons. The highest BCUT2D eigenvalue weighted by Gasteiger charge is 2.24. The summed E-state index contributed by atoms with van der Waals surface area (Å²) in [5.74, 6) is 2.26. The molecule has 4 rings (SSSR count). The average molecular weight is 365 g/mol. The Balaban J connectivity index is 1.28. The Morgan fingerprint density at radius 3 is 2.67 bits per heavy atom. The molecule has 0 amide bonds. The van der Waals surface area contributed by atoms with E-state index in [1.54, 1.807) is 0 Å². The predicted octanol–water partition coefficient (Wildman–Crippen LogP) is 3.84. The molecule has 1 fully saturated rings. The molecule has 3 heterocycles. The fourth-order valence-corrected chi connectivity index (χ4v) is 4.41. The molecule has 0 bridgehead atoms. The second kappa shape index (κ2) is 8.49. The SMILES string of the molecule is C[C@H](CCN1CCC(c2ncc3c(n2)CCN(C)C3)CC1)c1ccccc1. The number of nitrogens with zero attached hydrogens (tertiary/aromatic N) is 4. The molecule has 2 aromatic rings. The van der Waals surface area contributed by atoms with Gasteiger partial charge in [0, 0.05) is 42.9 Å². The molecule has 0 aliphatic carbocycles. The minimum atomic E-state index is 0.540. The van der Waals surface area contributed by atoms with Crippen LogP contribution in [0.5, 0.6) is 0 Å². The third kappa shape index (κ3) is 4.56. The van der Waals surface area contributed by atoms with Crippen molar-refractivity contribution in [3.05, 3.63) is 59.2 Å². The quantitative estimate of drug-likeness (QED) is 0.807. The zero-order chi connectivity index (χ0) is 18.6. The zero-order valence-electron chi connectivity index (χ0n) is 16.8. The number of likely N-dealkylation sites (tertiary alicyclic amines) is 1. The summed E-state index contributed by atoms with van der Waals surface area (Å²) in [5.41, 5.74) is 4.07. The summed E-state index contributed by atoms with van der Waals surface area (Å²) >= 11 is 0. The van der Waals surface area contributed by atoms with Crippen molar-refractivity contribution in [1.29, 1.82) is 0 Å². The first-order chi connectivity index (χ1) is 13.2. The van der Waals surface area contributed by atoms with Gasteiger partial charge in [0.2, 0.25) is 0 Å². The summed E-state index contributed by atoms with van der Waals surface area (Å²) in [6, 6.07) is 10.9. The van der Waals surface area contributed by atoms with Gasteiger partial charge in [-0.1, -0.05) is 37.3 Å². The summed E-state index contributed by atoms with van der Waals surface area (Å²) in [7, 11) is 2.17. The maximum absolute atomic E-state index is 4.95. The van der Waals surface area contributed by atoms with Gasteiger partial charge < -0.3 is 9.80 Å².